The first-order valence-corrected chi connectivity index (χ1v) is 11.3. The minimum Gasteiger partial charge on any atom is -0.444 e. The van der Waals surface area contributed by atoms with E-state index in [2.05, 4.69) is 45.2 Å². The molecule has 0 bridgehead atoms. The number of hydrogen-bond acceptors (Lipinski definition) is 4. The van der Waals surface area contributed by atoms with E-state index in [1.807, 2.05) is 32.9 Å². The number of fused-ring (bicyclic) bond motifs is 1. The van der Waals surface area contributed by atoms with E-state index in [1.54, 1.807) is 6.20 Å². The van der Waals surface area contributed by atoms with Crippen LogP contribution in [0.1, 0.15) is 62.8 Å². The Morgan fingerprint density at radius 2 is 1.81 bits per heavy atom. The molecule has 3 N–H and O–H groups in total. The van der Waals surface area contributed by atoms with Crippen molar-refractivity contribution in [3.63, 3.8) is 0 Å². The van der Waals surface area contributed by atoms with E-state index in [0.29, 0.717) is 18.0 Å². The summed E-state index contributed by atoms with van der Waals surface area (Å²) in [6.07, 6.45) is 5.48. The van der Waals surface area contributed by atoms with Gasteiger partial charge >= 0.3 is 12.1 Å². The number of nitrogens with zero attached hydrogens (tertiary/aromatic N) is 1. The van der Waals surface area contributed by atoms with Crippen molar-refractivity contribution >= 4 is 17.8 Å². The third-order valence-electron chi connectivity index (χ3n) is 5.98. The Morgan fingerprint density at radius 3 is 2.53 bits per heavy atom. The molecule has 7 heteroatoms. The molecule has 3 amide bonds. The number of aromatic nitrogens is 1. The van der Waals surface area contributed by atoms with Crippen LogP contribution in [0.4, 0.5) is 15.3 Å². The number of aryl methyl sites for hydroxylation is 1. The predicted octanol–water partition coefficient (Wildman–Crippen LogP) is 4.53. The van der Waals surface area contributed by atoms with Gasteiger partial charge in [-0.3, -0.25) is 4.98 Å². The molecule has 32 heavy (non-hydrogen) atoms. The van der Waals surface area contributed by atoms with Gasteiger partial charge in [0, 0.05) is 17.8 Å². The topological polar surface area (TPSA) is 92.3 Å². The number of benzene rings is 1. The second kappa shape index (κ2) is 9.18. The number of urea groups is 1. The van der Waals surface area contributed by atoms with Gasteiger partial charge in [-0.15, -0.1) is 0 Å². The van der Waals surface area contributed by atoms with Crippen LogP contribution in [-0.2, 0) is 17.6 Å². The molecular formula is C25H32N4O3. The van der Waals surface area contributed by atoms with Gasteiger partial charge in [0.05, 0.1) is 11.9 Å². The molecule has 0 spiro atoms. The highest BCUT2D eigenvalue weighted by Gasteiger charge is 2.31. The van der Waals surface area contributed by atoms with Gasteiger partial charge in [-0.05, 0) is 76.0 Å². The zero-order chi connectivity index (χ0) is 22.7. The van der Waals surface area contributed by atoms with Crippen molar-refractivity contribution in [3.05, 3.63) is 59.4 Å². The summed E-state index contributed by atoms with van der Waals surface area (Å²) in [6.45, 7) is 5.54. The largest absolute Gasteiger partial charge is 0.444 e. The maximum Gasteiger partial charge on any atom is 0.407 e. The first-order valence-electron chi connectivity index (χ1n) is 11.3. The number of pyridine rings is 1. The molecule has 1 aromatic heterocycles. The van der Waals surface area contributed by atoms with Crippen LogP contribution in [0.15, 0.2) is 42.6 Å². The number of carbonyl (C=O) groups excluding carboxylic acids is 2. The molecular weight excluding hydrogens is 404 g/mol. The SMILES string of the molecule is CC(C)(C)OC(=O)NC1CCc2ncc(NC(=O)NC3CC(c4ccccc4)C3)cc2C1. The molecule has 1 atom stereocenters. The Hall–Kier alpha value is -3.09. The maximum atomic E-state index is 12.4. The average Bonchev–Trinajstić information content (AvgIpc) is 2.69. The number of amides is 3. The van der Waals surface area contributed by atoms with Crippen LogP contribution < -0.4 is 16.0 Å². The number of ether oxygens (including phenoxy) is 1. The van der Waals surface area contributed by atoms with Crippen LogP contribution in [0.25, 0.3) is 0 Å². The Bertz CT molecular complexity index is 965. The van der Waals surface area contributed by atoms with E-state index in [9.17, 15) is 9.59 Å². The summed E-state index contributed by atoms with van der Waals surface area (Å²) in [5.74, 6) is 0.515. The van der Waals surface area contributed by atoms with Gasteiger partial charge in [0.15, 0.2) is 0 Å². The highest BCUT2D eigenvalue weighted by molar-refractivity contribution is 5.89. The molecule has 1 aromatic carbocycles. The van der Waals surface area contributed by atoms with Crippen molar-refractivity contribution in [1.82, 2.24) is 15.6 Å². The van der Waals surface area contributed by atoms with E-state index in [-0.39, 0.29) is 18.1 Å². The second-order valence-electron chi connectivity index (χ2n) is 9.79. The van der Waals surface area contributed by atoms with Crippen molar-refractivity contribution in [2.24, 2.45) is 0 Å². The Balaban J connectivity index is 1.27. The lowest BCUT2D eigenvalue weighted by molar-refractivity contribution is 0.0500. The molecule has 1 saturated carbocycles. The molecule has 0 aliphatic heterocycles. The summed E-state index contributed by atoms with van der Waals surface area (Å²) in [4.78, 5) is 29.1. The molecule has 0 saturated heterocycles. The standard InChI is InChI=1S/C25H32N4O3/c1-25(2,3)32-24(31)29-19-9-10-22-18(13-19)14-21(15-26-22)28-23(30)27-20-11-17(12-20)16-7-5-4-6-8-16/h4-8,14-15,17,19-20H,9-13H2,1-3H3,(H,29,31)(H2,27,28,30). The number of carbonyl (C=O) groups is 2. The average molecular weight is 437 g/mol. The van der Waals surface area contributed by atoms with Crippen molar-refractivity contribution in [3.8, 4) is 0 Å². The first-order chi connectivity index (χ1) is 15.2. The summed E-state index contributed by atoms with van der Waals surface area (Å²) in [6, 6.07) is 12.4. The van der Waals surface area contributed by atoms with Crippen LogP contribution in [0.5, 0.6) is 0 Å². The van der Waals surface area contributed by atoms with Crippen molar-refractivity contribution in [2.45, 2.75) is 76.5 Å². The smallest absolute Gasteiger partial charge is 0.407 e. The molecule has 170 valence electrons. The van der Waals surface area contributed by atoms with E-state index in [0.717, 1.165) is 36.9 Å². The predicted molar refractivity (Wildman–Crippen MR) is 124 cm³/mol. The van der Waals surface area contributed by atoms with Crippen LogP contribution in [0.2, 0.25) is 0 Å². The summed E-state index contributed by atoms with van der Waals surface area (Å²) in [5, 5.41) is 8.90. The number of rotatable bonds is 4. The van der Waals surface area contributed by atoms with E-state index >= 15 is 0 Å². The van der Waals surface area contributed by atoms with Crippen molar-refractivity contribution < 1.29 is 14.3 Å². The number of hydrogen-bond donors (Lipinski definition) is 3. The minimum absolute atomic E-state index is 0.00637. The van der Waals surface area contributed by atoms with Gasteiger partial charge in [0.25, 0.3) is 0 Å². The summed E-state index contributed by atoms with van der Waals surface area (Å²) in [5.41, 5.74) is 3.53. The molecule has 1 heterocycles. The quantitative estimate of drug-likeness (QED) is 0.656. The number of anilines is 1. The van der Waals surface area contributed by atoms with Crippen molar-refractivity contribution in [2.75, 3.05) is 5.32 Å². The third kappa shape index (κ3) is 5.78. The Labute approximate surface area is 189 Å². The first kappa shape index (κ1) is 22.1. The minimum atomic E-state index is -0.524. The highest BCUT2D eigenvalue weighted by atomic mass is 16.6. The van der Waals surface area contributed by atoms with Gasteiger partial charge in [0.1, 0.15) is 5.60 Å². The molecule has 0 radical (unpaired) electrons. The lowest BCUT2D eigenvalue weighted by Crippen LogP contribution is -2.45. The van der Waals surface area contributed by atoms with Crippen LogP contribution in [-0.4, -0.2) is 34.8 Å². The van der Waals surface area contributed by atoms with Gasteiger partial charge < -0.3 is 20.7 Å². The molecule has 2 aliphatic rings. The zero-order valence-electron chi connectivity index (χ0n) is 19.0. The maximum absolute atomic E-state index is 12.4. The molecule has 2 aromatic rings. The zero-order valence-corrected chi connectivity index (χ0v) is 19.0. The summed E-state index contributed by atoms with van der Waals surface area (Å²) < 4.78 is 5.36. The molecule has 4 rings (SSSR count). The van der Waals surface area contributed by atoms with E-state index < -0.39 is 11.7 Å². The third-order valence-corrected chi connectivity index (χ3v) is 5.98. The van der Waals surface area contributed by atoms with Gasteiger partial charge in [-0.25, -0.2) is 9.59 Å². The molecule has 2 aliphatic carbocycles. The lowest BCUT2D eigenvalue weighted by Gasteiger charge is -2.36. The summed E-state index contributed by atoms with van der Waals surface area (Å²) >= 11 is 0. The Kier molecular flexibility index (Phi) is 6.35. The Morgan fingerprint density at radius 1 is 1.06 bits per heavy atom. The fourth-order valence-corrected chi connectivity index (χ4v) is 4.37. The van der Waals surface area contributed by atoms with E-state index in [4.69, 9.17) is 4.74 Å². The van der Waals surface area contributed by atoms with Crippen molar-refractivity contribution in [1.29, 1.82) is 0 Å². The van der Waals surface area contributed by atoms with Gasteiger partial charge in [0.2, 0.25) is 0 Å². The van der Waals surface area contributed by atoms with Crippen LogP contribution in [0.3, 0.4) is 0 Å². The van der Waals surface area contributed by atoms with Gasteiger partial charge in [-0.1, -0.05) is 30.3 Å². The van der Waals surface area contributed by atoms with Crippen LogP contribution in [0, 0.1) is 0 Å². The van der Waals surface area contributed by atoms with Gasteiger partial charge in [-0.2, -0.15) is 0 Å². The molecule has 1 unspecified atom stereocenters. The normalized spacial score (nSPS) is 22.2. The monoisotopic (exact) mass is 436 g/mol. The summed E-state index contributed by atoms with van der Waals surface area (Å²) in [7, 11) is 0. The fraction of sp³-hybridized carbons (Fsp3) is 0.480. The second-order valence-corrected chi connectivity index (χ2v) is 9.79. The number of nitrogens with one attached hydrogen (secondary N) is 3. The molecule has 7 nitrogen and oxygen atoms in total. The number of alkyl carbamates (subject to hydrolysis) is 1. The highest BCUT2D eigenvalue weighted by Crippen LogP contribution is 2.36. The van der Waals surface area contributed by atoms with Crippen LogP contribution >= 0.6 is 0 Å². The van der Waals surface area contributed by atoms with E-state index in [1.165, 1.54) is 5.56 Å². The molecule has 1 fully saturated rings. The fourth-order valence-electron chi connectivity index (χ4n) is 4.37. The lowest BCUT2D eigenvalue weighted by atomic mass is 9.76.